The van der Waals surface area contributed by atoms with Gasteiger partial charge in [0.2, 0.25) is 0 Å². The van der Waals surface area contributed by atoms with Crippen LogP contribution in [0.5, 0.6) is 0 Å². The number of para-hydroxylation sites is 3. The molecule has 2 atom stereocenters. The SMILES string of the molecule is CC(C)(C)c1cccc(N(c2cccc(C(C)(C)C)c2)c2cc3c4c(c2)N2c5c(cccc5C5(C)CCCCC25C)B4c2cc(N(c4ccccc4)c4ccccc4)ccc2N3c2cccc(C(C)(C)C)c2)c1. The lowest BCUT2D eigenvalue weighted by atomic mass is 9.33. The van der Waals surface area contributed by atoms with E-state index >= 15 is 0 Å². The summed E-state index contributed by atoms with van der Waals surface area (Å²) in [5.74, 6) is 0. The molecule has 0 bridgehead atoms. The fourth-order valence-electron chi connectivity index (χ4n) is 13.2. The third kappa shape index (κ3) is 7.46. The van der Waals surface area contributed by atoms with Crippen LogP contribution in [0.4, 0.5) is 62.6 Å². The minimum absolute atomic E-state index is 0.0233. The molecule has 8 aromatic carbocycles. The summed E-state index contributed by atoms with van der Waals surface area (Å²) in [6, 6.07) is 69.6. The highest BCUT2D eigenvalue weighted by Gasteiger charge is 2.61. The molecule has 0 aromatic heterocycles. The average molecular weight is 955 g/mol. The fourth-order valence-corrected chi connectivity index (χ4v) is 13.2. The lowest BCUT2D eigenvalue weighted by Crippen LogP contribution is -2.64. The quantitative estimate of drug-likeness (QED) is 0.148. The van der Waals surface area contributed by atoms with Gasteiger partial charge in [-0.1, -0.05) is 173 Å². The molecule has 3 heterocycles. The van der Waals surface area contributed by atoms with Crippen molar-refractivity contribution >= 4 is 85.7 Å². The molecule has 8 aromatic rings. The smallest absolute Gasteiger partial charge is 0.252 e. The molecule has 0 amide bonds. The number of anilines is 11. The first-order valence-corrected chi connectivity index (χ1v) is 26.9. The Hall–Kier alpha value is -6.98. The largest absolute Gasteiger partial charge is 0.335 e. The Bertz CT molecular complexity index is 3330. The van der Waals surface area contributed by atoms with Crippen LogP contribution in [0.25, 0.3) is 0 Å². The van der Waals surface area contributed by atoms with E-state index in [4.69, 9.17) is 0 Å². The summed E-state index contributed by atoms with van der Waals surface area (Å²) in [5.41, 5.74) is 22.6. The van der Waals surface area contributed by atoms with Gasteiger partial charge in [0, 0.05) is 62.3 Å². The first-order valence-electron chi connectivity index (χ1n) is 26.9. The first kappa shape index (κ1) is 47.1. The van der Waals surface area contributed by atoms with Crippen molar-refractivity contribution in [1.82, 2.24) is 0 Å². The van der Waals surface area contributed by atoms with Crippen molar-refractivity contribution in [3.05, 3.63) is 204 Å². The maximum absolute atomic E-state index is 2.88. The molecule has 0 saturated heterocycles. The Morgan fingerprint density at radius 1 is 0.425 bits per heavy atom. The zero-order chi connectivity index (χ0) is 50.8. The van der Waals surface area contributed by atoms with Crippen LogP contribution in [0.2, 0.25) is 0 Å². The Balaban J connectivity index is 1.20. The van der Waals surface area contributed by atoms with Crippen LogP contribution in [0.15, 0.2) is 182 Å². The van der Waals surface area contributed by atoms with Crippen molar-refractivity contribution in [2.45, 2.75) is 129 Å². The maximum atomic E-state index is 2.88. The van der Waals surface area contributed by atoms with E-state index in [0.29, 0.717) is 0 Å². The van der Waals surface area contributed by atoms with Crippen LogP contribution in [-0.2, 0) is 21.7 Å². The zero-order valence-corrected chi connectivity index (χ0v) is 45.0. The van der Waals surface area contributed by atoms with Crippen molar-refractivity contribution in [3.8, 4) is 0 Å². The van der Waals surface area contributed by atoms with E-state index in [1.54, 1.807) is 0 Å². The van der Waals surface area contributed by atoms with Crippen LogP contribution in [-0.4, -0.2) is 12.3 Å². The highest BCUT2D eigenvalue weighted by molar-refractivity contribution is 7.00. The van der Waals surface area contributed by atoms with Crippen molar-refractivity contribution < 1.29 is 0 Å². The topological polar surface area (TPSA) is 13.0 Å². The van der Waals surface area contributed by atoms with Crippen molar-refractivity contribution in [2.75, 3.05) is 19.6 Å². The number of nitrogens with zero attached hydrogens (tertiary/aromatic N) is 4. The van der Waals surface area contributed by atoms with Crippen molar-refractivity contribution in [2.24, 2.45) is 0 Å². The highest BCUT2D eigenvalue weighted by atomic mass is 15.3. The molecule has 1 aliphatic carbocycles. The molecule has 1 saturated carbocycles. The monoisotopic (exact) mass is 955 g/mol. The molecule has 73 heavy (non-hydrogen) atoms. The molecule has 2 unspecified atom stereocenters. The van der Waals surface area contributed by atoms with Gasteiger partial charge >= 0.3 is 0 Å². The predicted octanol–water partition coefficient (Wildman–Crippen LogP) is 16.9. The summed E-state index contributed by atoms with van der Waals surface area (Å²) in [5, 5.41) is 0. The summed E-state index contributed by atoms with van der Waals surface area (Å²) in [4.78, 5) is 10.5. The summed E-state index contributed by atoms with van der Waals surface area (Å²) in [6.45, 7) is 26.1. The molecule has 5 heteroatoms. The lowest BCUT2D eigenvalue weighted by Gasteiger charge is -2.53. The number of fused-ring (bicyclic) bond motifs is 7. The number of hydrogen-bond donors (Lipinski definition) is 0. The second kappa shape index (κ2) is 16.8. The summed E-state index contributed by atoms with van der Waals surface area (Å²) in [7, 11) is 0. The second-order valence-electron chi connectivity index (χ2n) is 25.0. The van der Waals surface area contributed by atoms with Gasteiger partial charge in [-0.2, -0.15) is 0 Å². The Labute approximate surface area is 436 Å². The van der Waals surface area contributed by atoms with Crippen LogP contribution in [0.3, 0.4) is 0 Å². The second-order valence-corrected chi connectivity index (χ2v) is 25.0. The summed E-state index contributed by atoms with van der Waals surface area (Å²) < 4.78 is 0. The van der Waals surface area contributed by atoms with Crippen LogP contribution in [0, 0.1) is 0 Å². The zero-order valence-electron chi connectivity index (χ0n) is 45.0. The van der Waals surface area contributed by atoms with E-state index in [1.807, 2.05) is 0 Å². The Morgan fingerprint density at radius 2 is 0.932 bits per heavy atom. The molecule has 0 radical (unpaired) electrons. The molecule has 366 valence electrons. The van der Waals surface area contributed by atoms with Gasteiger partial charge in [-0.25, -0.2) is 0 Å². The molecule has 3 aliphatic heterocycles. The summed E-state index contributed by atoms with van der Waals surface area (Å²) in [6.07, 6.45) is 4.76. The summed E-state index contributed by atoms with van der Waals surface area (Å²) >= 11 is 0. The van der Waals surface area contributed by atoms with Gasteiger partial charge in [-0.15, -0.1) is 0 Å². The van der Waals surface area contributed by atoms with E-state index in [-0.39, 0.29) is 33.9 Å². The Kier molecular flexibility index (Phi) is 10.8. The maximum Gasteiger partial charge on any atom is 0.252 e. The molecule has 4 nitrogen and oxygen atoms in total. The van der Waals surface area contributed by atoms with Crippen LogP contribution in [0.1, 0.15) is 124 Å². The number of benzene rings is 8. The third-order valence-corrected chi connectivity index (χ3v) is 17.4. The van der Waals surface area contributed by atoms with Gasteiger partial charge in [-0.05, 0) is 166 Å². The minimum Gasteiger partial charge on any atom is -0.335 e. The van der Waals surface area contributed by atoms with Gasteiger partial charge < -0.3 is 19.6 Å². The molecule has 1 fully saturated rings. The van der Waals surface area contributed by atoms with E-state index in [9.17, 15) is 0 Å². The van der Waals surface area contributed by atoms with Crippen LogP contribution >= 0.6 is 0 Å². The first-order chi connectivity index (χ1) is 34.8. The minimum atomic E-state index is -0.138. The van der Waals surface area contributed by atoms with E-state index in [2.05, 4.69) is 278 Å². The van der Waals surface area contributed by atoms with Gasteiger partial charge in [-0.3, -0.25) is 0 Å². The molecular weight excluding hydrogens is 884 g/mol. The van der Waals surface area contributed by atoms with Gasteiger partial charge in [0.15, 0.2) is 0 Å². The van der Waals surface area contributed by atoms with Gasteiger partial charge in [0.25, 0.3) is 6.71 Å². The molecule has 4 aliphatic rings. The third-order valence-electron chi connectivity index (χ3n) is 17.4. The molecule has 12 rings (SSSR count). The molecule has 0 spiro atoms. The molecule has 0 N–H and O–H groups in total. The predicted molar refractivity (Wildman–Crippen MR) is 314 cm³/mol. The van der Waals surface area contributed by atoms with Crippen LogP contribution < -0.4 is 36.0 Å². The lowest BCUT2D eigenvalue weighted by molar-refractivity contribution is 0.195. The van der Waals surface area contributed by atoms with Crippen molar-refractivity contribution in [3.63, 3.8) is 0 Å². The van der Waals surface area contributed by atoms with Gasteiger partial charge in [0.1, 0.15) is 0 Å². The van der Waals surface area contributed by atoms with E-state index in [1.165, 1.54) is 97.7 Å². The number of rotatable bonds is 7. The van der Waals surface area contributed by atoms with Gasteiger partial charge in [0.05, 0.1) is 11.2 Å². The standard InChI is InChI=1S/C68H71BN4/c1-64(2,3)46-24-20-31-51(40-46)71(52-32-21-25-47(41-52)65(4,5)6)55-44-60-62-61(45-55)73-63-56(67(10)38-18-19-39-68(67,73)11)34-23-35-57(63)69(62)58-43-54(70(49-27-14-12-15-28-49)50-29-16-13-17-30-50)36-37-59(58)72(60)53-33-22-26-48(42-53)66(7,8)9/h12-17,20-37,40-45H,18-19,38-39H2,1-11H3. The average Bonchev–Trinajstić information content (AvgIpc) is 3.59. The Morgan fingerprint density at radius 3 is 1.53 bits per heavy atom. The fraction of sp³-hybridized carbons (Fsp3) is 0.294. The molecular formula is C68H71BN4. The van der Waals surface area contributed by atoms with Crippen molar-refractivity contribution in [1.29, 1.82) is 0 Å². The normalized spacial score (nSPS) is 18.7. The van der Waals surface area contributed by atoms with E-state index in [0.717, 1.165) is 29.2 Å². The van der Waals surface area contributed by atoms with E-state index < -0.39 is 0 Å². The number of hydrogen-bond acceptors (Lipinski definition) is 4. The highest BCUT2D eigenvalue weighted by Crippen LogP contribution is 2.62.